The molecule has 1 N–H and O–H groups in total. The maximum atomic E-state index is 12.1. The Balaban J connectivity index is 1.55. The van der Waals surface area contributed by atoms with Crippen LogP contribution in [0.25, 0.3) is 5.69 Å². The molecule has 2 heterocycles. The third-order valence-electron chi connectivity index (χ3n) is 3.75. The summed E-state index contributed by atoms with van der Waals surface area (Å²) in [6, 6.07) is 12.2. The van der Waals surface area contributed by atoms with Gasteiger partial charge in [-0.15, -0.1) is 11.3 Å². The number of imidazole rings is 1. The number of aryl methyl sites for hydroxylation is 1. The van der Waals surface area contributed by atoms with E-state index in [1.165, 1.54) is 4.88 Å². The van der Waals surface area contributed by atoms with Crippen LogP contribution < -0.4 is 5.32 Å². The molecule has 23 heavy (non-hydrogen) atoms. The first-order chi connectivity index (χ1) is 11.2. The Morgan fingerprint density at radius 1 is 1.30 bits per heavy atom. The van der Waals surface area contributed by atoms with Gasteiger partial charge >= 0.3 is 0 Å². The van der Waals surface area contributed by atoms with Crippen molar-refractivity contribution in [3.05, 3.63) is 70.9 Å². The lowest BCUT2D eigenvalue weighted by molar-refractivity contribution is -0.121. The topological polar surface area (TPSA) is 46.9 Å². The highest BCUT2D eigenvalue weighted by atomic mass is 32.1. The van der Waals surface area contributed by atoms with Gasteiger partial charge in [-0.1, -0.05) is 18.2 Å². The second-order valence-electron chi connectivity index (χ2n) is 5.43. The Kier molecular flexibility index (Phi) is 4.88. The zero-order chi connectivity index (χ0) is 16.1. The summed E-state index contributed by atoms with van der Waals surface area (Å²) < 4.78 is 1.95. The number of hydrogen-bond donors (Lipinski definition) is 1. The molecule has 0 unspecified atom stereocenters. The van der Waals surface area contributed by atoms with Gasteiger partial charge in [0.25, 0.3) is 0 Å². The molecular formula is C18H19N3OS. The van der Waals surface area contributed by atoms with Gasteiger partial charge in [-0.05, 0) is 42.5 Å². The number of nitrogens with one attached hydrogen (secondary N) is 1. The van der Waals surface area contributed by atoms with Gasteiger partial charge < -0.3 is 9.88 Å². The van der Waals surface area contributed by atoms with Crippen molar-refractivity contribution < 1.29 is 4.79 Å². The number of carbonyl (C=O) groups is 1. The van der Waals surface area contributed by atoms with Crippen molar-refractivity contribution >= 4 is 17.2 Å². The Hall–Kier alpha value is -2.40. The van der Waals surface area contributed by atoms with Crippen LogP contribution >= 0.6 is 11.3 Å². The van der Waals surface area contributed by atoms with E-state index in [0.29, 0.717) is 6.42 Å². The van der Waals surface area contributed by atoms with Gasteiger partial charge in [0, 0.05) is 29.4 Å². The van der Waals surface area contributed by atoms with Gasteiger partial charge in [0.2, 0.25) is 5.91 Å². The number of nitrogens with zero attached hydrogens (tertiary/aromatic N) is 2. The molecule has 3 aromatic rings. The molecule has 0 aliphatic carbocycles. The molecule has 4 nitrogen and oxygen atoms in total. The minimum atomic E-state index is 0.00247. The summed E-state index contributed by atoms with van der Waals surface area (Å²) >= 11 is 1.69. The molecule has 1 aromatic carbocycles. The Morgan fingerprint density at radius 2 is 2.13 bits per heavy atom. The van der Waals surface area contributed by atoms with Crippen LogP contribution in [-0.4, -0.2) is 15.5 Å². The predicted octanol–water partition coefficient (Wildman–Crippen LogP) is 3.74. The first-order valence-electron chi connectivity index (χ1n) is 7.62. The van der Waals surface area contributed by atoms with Gasteiger partial charge in [-0.3, -0.25) is 4.79 Å². The smallest absolute Gasteiger partial charge is 0.220 e. The lowest BCUT2D eigenvalue weighted by Crippen LogP contribution is -2.26. The van der Waals surface area contributed by atoms with E-state index >= 15 is 0 Å². The van der Waals surface area contributed by atoms with Crippen LogP contribution in [0.2, 0.25) is 0 Å². The number of amides is 1. The van der Waals surface area contributed by atoms with Crippen molar-refractivity contribution in [1.82, 2.24) is 14.9 Å². The van der Waals surface area contributed by atoms with Crippen LogP contribution in [0, 0.1) is 0 Å². The Morgan fingerprint density at radius 3 is 2.78 bits per heavy atom. The van der Waals surface area contributed by atoms with Crippen molar-refractivity contribution in [2.45, 2.75) is 25.8 Å². The SMILES string of the molecule is C[C@H](NC(=O)CCc1cccs1)c1ccc(-n2ccnc2)cc1. The maximum absolute atomic E-state index is 12.1. The summed E-state index contributed by atoms with van der Waals surface area (Å²) in [4.78, 5) is 17.3. The zero-order valence-corrected chi connectivity index (χ0v) is 13.8. The standard InChI is InChI=1S/C18H19N3OS/c1-14(20-18(22)9-8-17-3-2-12-23-17)15-4-6-16(7-5-15)21-11-10-19-13-21/h2-7,10-14H,8-9H2,1H3,(H,20,22)/t14-/m0/s1. The Bertz CT molecular complexity index is 733. The van der Waals surface area contributed by atoms with Crippen molar-refractivity contribution in [2.75, 3.05) is 0 Å². The van der Waals surface area contributed by atoms with E-state index in [1.807, 2.05) is 53.4 Å². The molecular weight excluding hydrogens is 306 g/mol. The summed E-state index contributed by atoms with van der Waals surface area (Å²) in [5.74, 6) is 0.0876. The second kappa shape index (κ2) is 7.24. The van der Waals surface area contributed by atoms with Crippen LogP contribution in [0.3, 0.4) is 0 Å². The van der Waals surface area contributed by atoms with Crippen LogP contribution in [-0.2, 0) is 11.2 Å². The number of benzene rings is 1. The maximum Gasteiger partial charge on any atom is 0.220 e. The minimum absolute atomic E-state index is 0.00247. The fraction of sp³-hybridized carbons (Fsp3) is 0.222. The van der Waals surface area contributed by atoms with Crippen LogP contribution in [0.4, 0.5) is 0 Å². The van der Waals surface area contributed by atoms with E-state index in [1.54, 1.807) is 23.9 Å². The van der Waals surface area contributed by atoms with E-state index in [4.69, 9.17) is 0 Å². The molecule has 0 radical (unpaired) electrons. The monoisotopic (exact) mass is 325 g/mol. The molecule has 1 amide bonds. The van der Waals surface area contributed by atoms with Crippen molar-refractivity contribution in [2.24, 2.45) is 0 Å². The quantitative estimate of drug-likeness (QED) is 0.750. The summed E-state index contributed by atoms with van der Waals surface area (Å²) in [5.41, 5.74) is 2.15. The largest absolute Gasteiger partial charge is 0.350 e. The van der Waals surface area contributed by atoms with Crippen molar-refractivity contribution in [1.29, 1.82) is 0 Å². The van der Waals surface area contributed by atoms with Gasteiger partial charge in [-0.25, -0.2) is 4.98 Å². The normalized spacial score (nSPS) is 12.0. The molecule has 2 aromatic heterocycles. The number of rotatable bonds is 6. The van der Waals surface area contributed by atoms with E-state index in [2.05, 4.69) is 16.4 Å². The van der Waals surface area contributed by atoms with Crippen LogP contribution in [0.1, 0.15) is 29.8 Å². The highest BCUT2D eigenvalue weighted by Gasteiger charge is 2.10. The van der Waals surface area contributed by atoms with Crippen LogP contribution in [0.5, 0.6) is 0 Å². The highest BCUT2D eigenvalue weighted by Crippen LogP contribution is 2.16. The van der Waals surface area contributed by atoms with Gasteiger partial charge in [0.05, 0.1) is 12.4 Å². The number of carbonyl (C=O) groups excluding carboxylic acids is 1. The average molecular weight is 325 g/mol. The third-order valence-corrected chi connectivity index (χ3v) is 4.69. The molecule has 0 saturated heterocycles. The summed E-state index contributed by atoms with van der Waals surface area (Å²) in [6.45, 7) is 2.01. The first kappa shape index (κ1) is 15.5. The second-order valence-corrected chi connectivity index (χ2v) is 6.46. The molecule has 0 fully saturated rings. The lowest BCUT2D eigenvalue weighted by Gasteiger charge is -2.15. The molecule has 0 spiro atoms. The fourth-order valence-corrected chi connectivity index (χ4v) is 3.14. The molecule has 1 atom stereocenters. The minimum Gasteiger partial charge on any atom is -0.350 e. The molecule has 0 aliphatic heterocycles. The van der Waals surface area contributed by atoms with E-state index in [-0.39, 0.29) is 11.9 Å². The fourth-order valence-electron chi connectivity index (χ4n) is 2.44. The number of thiophene rings is 1. The molecule has 3 rings (SSSR count). The van der Waals surface area contributed by atoms with Crippen molar-refractivity contribution in [3.63, 3.8) is 0 Å². The lowest BCUT2D eigenvalue weighted by atomic mass is 10.1. The van der Waals surface area contributed by atoms with Crippen LogP contribution in [0.15, 0.2) is 60.5 Å². The van der Waals surface area contributed by atoms with Gasteiger partial charge in [0.15, 0.2) is 0 Å². The summed E-state index contributed by atoms with van der Waals surface area (Å²) in [5, 5.41) is 5.10. The Labute approximate surface area is 139 Å². The highest BCUT2D eigenvalue weighted by molar-refractivity contribution is 7.09. The summed E-state index contributed by atoms with van der Waals surface area (Å²) in [6.07, 6.45) is 6.76. The van der Waals surface area contributed by atoms with E-state index in [0.717, 1.165) is 17.7 Å². The molecule has 5 heteroatoms. The third kappa shape index (κ3) is 4.07. The molecule has 118 valence electrons. The predicted molar refractivity (Wildman–Crippen MR) is 92.8 cm³/mol. The molecule has 0 bridgehead atoms. The number of hydrogen-bond acceptors (Lipinski definition) is 3. The summed E-state index contributed by atoms with van der Waals surface area (Å²) in [7, 11) is 0. The zero-order valence-electron chi connectivity index (χ0n) is 13.0. The average Bonchev–Trinajstić information content (AvgIpc) is 3.26. The van der Waals surface area contributed by atoms with Crippen molar-refractivity contribution in [3.8, 4) is 5.69 Å². The van der Waals surface area contributed by atoms with E-state index in [9.17, 15) is 4.79 Å². The molecule has 0 aliphatic rings. The number of aromatic nitrogens is 2. The first-order valence-corrected chi connectivity index (χ1v) is 8.50. The molecule has 0 saturated carbocycles. The van der Waals surface area contributed by atoms with Gasteiger partial charge in [-0.2, -0.15) is 0 Å². The van der Waals surface area contributed by atoms with E-state index < -0.39 is 0 Å². The van der Waals surface area contributed by atoms with Gasteiger partial charge in [0.1, 0.15) is 0 Å².